The summed E-state index contributed by atoms with van der Waals surface area (Å²) < 4.78 is 17.6. The van der Waals surface area contributed by atoms with Crippen molar-refractivity contribution in [3.63, 3.8) is 0 Å². The van der Waals surface area contributed by atoms with E-state index in [9.17, 15) is 0 Å². The summed E-state index contributed by atoms with van der Waals surface area (Å²) in [6.45, 7) is 4.61. The molecule has 0 saturated heterocycles. The molecule has 0 amide bonds. The van der Waals surface area contributed by atoms with Crippen LogP contribution in [-0.4, -0.2) is 8.42 Å². The van der Waals surface area contributed by atoms with E-state index < -0.39 is 10.9 Å². The predicted molar refractivity (Wildman–Crippen MR) is 175 cm³/mol. The highest BCUT2D eigenvalue weighted by Crippen LogP contribution is 2.28. The molecule has 0 spiro atoms. The van der Waals surface area contributed by atoms with Gasteiger partial charge in [0.05, 0.1) is 0 Å². The Hall–Kier alpha value is -0.870. The van der Waals surface area contributed by atoms with Gasteiger partial charge >= 0.3 is 0 Å². The van der Waals surface area contributed by atoms with E-state index in [0.717, 1.165) is 5.92 Å². The molecule has 2 N–H and O–H groups in total. The first kappa shape index (κ1) is 38.1. The van der Waals surface area contributed by atoms with Crippen LogP contribution in [-0.2, 0) is 10.9 Å². The molecule has 3 nitrogen and oxygen atoms in total. The van der Waals surface area contributed by atoms with Gasteiger partial charge in [0, 0.05) is 0 Å². The summed E-state index contributed by atoms with van der Waals surface area (Å²) in [6, 6.07) is 11.4. The van der Waals surface area contributed by atoms with Crippen LogP contribution < -0.4 is 5.14 Å². The van der Waals surface area contributed by atoms with Gasteiger partial charge in [0.15, 0.2) is 10.9 Å². The van der Waals surface area contributed by atoms with Crippen molar-refractivity contribution in [2.75, 3.05) is 0 Å². The minimum atomic E-state index is -2.62. The third-order valence-electron chi connectivity index (χ3n) is 8.08. The Morgan fingerprint density at radius 3 is 1.03 bits per heavy atom. The maximum absolute atomic E-state index is 8.81. The largest absolute Gasteiger partial charge is 0.231 e. The number of unbranched alkanes of at least 4 members (excludes halogenated alkanes) is 22. The van der Waals surface area contributed by atoms with Crippen LogP contribution in [0.2, 0.25) is 0 Å². The molecule has 0 saturated carbocycles. The first-order valence-electron chi connectivity index (χ1n) is 17.1. The molecule has 0 aliphatic rings. The lowest BCUT2D eigenvalue weighted by molar-refractivity contribution is 0.480. The maximum atomic E-state index is 8.81. The molecule has 230 valence electrons. The van der Waals surface area contributed by atoms with Crippen molar-refractivity contribution in [2.24, 2.45) is 5.14 Å². The Bertz CT molecular complexity index is 626. The summed E-state index contributed by atoms with van der Waals surface area (Å²) in [4.78, 5) is 0. The van der Waals surface area contributed by atoms with Crippen LogP contribution in [0.4, 0.5) is 0 Å². The van der Waals surface area contributed by atoms with Gasteiger partial charge in [0.2, 0.25) is 0 Å². The zero-order valence-corrected chi connectivity index (χ0v) is 27.1. The highest BCUT2D eigenvalue weighted by molar-refractivity contribution is 7.69. The molecule has 0 bridgehead atoms. The van der Waals surface area contributed by atoms with Gasteiger partial charge in [-0.25, -0.2) is 13.6 Å². The smallest absolute Gasteiger partial charge is 0.198 e. The fraction of sp³-hybridized carbons (Fsp3) is 0.829. The van der Waals surface area contributed by atoms with Gasteiger partial charge in [-0.1, -0.05) is 198 Å². The first-order valence-corrected chi connectivity index (χ1v) is 18.3. The van der Waals surface area contributed by atoms with Crippen molar-refractivity contribution >= 4 is 10.9 Å². The number of rotatable bonds is 27. The number of thiol groups is 1. The molecule has 1 aromatic carbocycles. The second kappa shape index (κ2) is 31.7. The van der Waals surface area contributed by atoms with Gasteiger partial charge in [0.1, 0.15) is 0 Å². The number of hydrogen-bond acceptors (Lipinski definition) is 2. The molecule has 0 heterocycles. The number of nitrogens with two attached hydrogens (primary N) is 1. The van der Waals surface area contributed by atoms with Gasteiger partial charge in [-0.05, 0) is 24.3 Å². The molecule has 0 aliphatic carbocycles. The lowest BCUT2D eigenvalue weighted by atomic mass is 9.88. The minimum Gasteiger partial charge on any atom is -0.231 e. The van der Waals surface area contributed by atoms with Crippen LogP contribution in [0.5, 0.6) is 0 Å². The molecule has 0 fully saturated rings. The van der Waals surface area contributed by atoms with Crippen LogP contribution in [0.1, 0.15) is 192 Å². The van der Waals surface area contributed by atoms with E-state index in [-0.39, 0.29) is 0 Å². The van der Waals surface area contributed by atoms with Gasteiger partial charge in [-0.15, -0.1) is 0 Å². The van der Waals surface area contributed by atoms with E-state index in [2.05, 4.69) is 49.3 Å². The molecule has 0 aromatic heterocycles. The molecule has 1 rings (SSSR count). The predicted octanol–water partition coefficient (Wildman–Crippen LogP) is 11.4. The maximum Gasteiger partial charge on any atom is 0.198 e. The quantitative estimate of drug-likeness (QED) is 0.0823. The van der Waals surface area contributed by atoms with Crippen molar-refractivity contribution in [3.05, 3.63) is 35.9 Å². The average molecular weight is 566 g/mol. The minimum absolute atomic E-state index is 0.794. The zero-order valence-electron chi connectivity index (χ0n) is 26.2. The van der Waals surface area contributed by atoms with E-state index in [1.165, 1.54) is 167 Å². The molecule has 0 aliphatic heterocycles. The van der Waals surface area contributed by atoms with E-state index in [0.29, 0.717) is 0 Å². The highest BCUT2D eigenvalue weighted by atomic mass is 32.2. The molecule has 0 atom stereocenters. The summed E-state index contributed by atoms with van der Waals surface area (Å²) in [5.74, 6) is 0.794. The lowest BCUT2D eigenvalue weighted by Crippen LogP contribution is -1.99. The Labute approximate surface area is 246 Å². The lowest BCUT2D eigenvalue weighted by Gasteiger charge is -2.17. The van der Waals surface area contributed by atoms with Crippen molar-refractivity contribution in [3.8, 4) is 0 Å². The van der Waals surface area contributed by atoms with Crippen molar-refractivity contribution in [1.29, 1.82) is 0 Å². The Kier molecular flexibility index (Phi) is 30.9. The summed E-state index contributed by atoms with van der Waals surface area (Å²) in [7, 11) is -2.62. The first-order chi connectivity index (χ1) is 19.1. The highest BCUT2D eigenvalue weighted by Gasteiger charge is 2.11. The van der Waals surface area contributed by atoms with Gasteiger partial charge in [0.25, 0.3) is 0 Å². The molecule has 0 radical (unpaired) electrons. The van der Waals surface area contributed by atoms with Crippen molar-refractivity contribution in [1.82, 2.24) is 0 Å². The van der Waals surface area contributed by atoms with Crippen LogP contribution in [0.3, 0.4) is 0 Å². The summed E-state index contributed by atoms with van der Waals surface area (Å²) in [5.41, 5.74) is 1.60. The monoisotopic (exact) mass is 565 g/mol. The van der Waals surface area contributed by atoms with E-state index in [1.54, 1.807) is 5.56 Å². The fourth-order valence-corrected chi connectivity index (χ4v) is 5.67. The SMILES string of the molecule is CCCCCCCCCCCCCCC(CCCCCCCCCCCCCC)c1ccccc1.N[SH](=O)=O. The molecule has 1 aromatic rings. The van der Waals surface area contributed by atoms with E-state index >= 15 is 0 Å². The fourth-order valence-electron chi connectivity index (χ4n) is 5.67. The van der Waals surface area contributed by atoms with Crippen LogP contribution in [0.25, 0.3) is 0 Å². The molecule has 4 heteroatoms. The second-order valence-electron chi connectivity index (χ2n) is 11.7. The molecular formula is C35H67NO2S. The van der Waals surface area contributed by atoms with E-state index in [1.807, 2.05) is 0 Å². The van der Waals surface area contributed by atoms with Gasteiger partial charge in [-0.2, -0.15) is 0 Å². The molecule has 0 unspecified atom stereocenters. The third kappa shape index (κ3) is 29.9. The third-order valence-corrected chi connectivity index (χ3v) is 8.08. The summed E-state index contributed by atoms with van der Waals surface area (Å²) >= 11 is 0. The van der Waals surface area contributed by atoms with Crippen molar-refractivity contribution < 1.29 is 8.42 Å². The van der Waals surface area contributed by atoms with Crippen LogP contribution in [0.15, 0.2) is 30.3 Å². The topological polar surface area (TPSA) is 60.2 Å². The average Bonchev–Trinajstić information content (AvgIpc) is 2.93. The standard InChI is InChI=1S/C35H64.H3NO2S/c1-3-5-7-9-11-13-15-17-19-21-23-26-30-34(35-32-28-25-29-33-35)31-27-24-22-20-18-16-14-12-10-8-6-4-2;1-4(2)3/h25,28-29,32-34H,3-24,26-27,30-31H2,1-2H3;4H,(H2,1,2,3). The summed E-state index contributed by atoms with van der Waals surface area (Å²) in [5, 5.41) is 4.06. The van der Waals surface area contributed by atoms with Gasteiger partial charge in [-0.3, -0.25) is 0 Å². The number of benzene rings is 1. The Morgan fingerprint density at radius 1 is 0.487 bits per heavy atom. The zero-order chi connectivity index (χ0) is 28.7. The number of hydrogen-bond donors (Lipinski definition) is 2. The van der Waals surface area contributed by atoms with Crippen molar-refractivity contribution in [2.45, 2.75) is 187 Å². The van der Waals surface area contributed by atoms with Crippen LogP contribution >= 0.6 is 0 Å². The molecule has 39 heavy (non-hydrogen) atoms. The van der Waals surface area contributed by atoms with Crippen LogP contribution in [0, 0.1) is 0 Å². The summed E-state index contributed by atoms with van der Waals surface area (Å²) in [6.07, 6.45) is 37.6. The van der Waals surface area contributed by atoms with E-state index in [4.69, 9.17) is 8.42 Å². The Balaban J connectivity index is 0.00000336. The Morgan fingerprint density at radius 2 is 0.744 bits per heavy atom. The normalized spacial score (nSPS) is 11.2. The second-order valence-corrected chi connectivity index (χ2v) is 12.3. The van der Waals surface area contributed by atoms with Gasteiger partial charge < -0.3 is 0 Å². The molecular weight excluding hydrogens is 498 g/mol.